The average Bonchev–Trinajstić information content (AvgIpc) is 2.28. The van der Waals surface area contributed by atoms with Crippen molar-refractivity contribution in [1.29, 1.82) is 0 Å². The third-order valence-corrected chi connectivity index (χ3v) is 2.49. The first-order valence-electron chi connectivity index (χ1n) is 5.24. The number of halogens is 1. The highest BCUT2D eigenvalue weighted by Crippen LogP contribution is 2.14. The van der Waals surface area contributed by atoms with E-state index >= 15 is 0 Å². The molecule has 0 aliphatic carbocycles. The van der Waals surface area contributed by atoms with E-state index in [1.54, 1.807) is 6.20 Å². The van der Waals surface area contributed by atoms with Crippen LogP contribution in [-0.2, 0) is 22.4 Å². The SMILES string of the molecule is CCCc1ncc(CCC(=O)OC)c(Cl)n1. The largest absolute Gasteiger partial charge is 0.469 e. The fourth-order valence-electron chi connectivity index (χ4n) is 1.27. The molecule has 5 heteroatoms. The number of aryl methyl sites for hydroxylation is 2. The van der Waals surface area contributed by atoms with Crippen molar-refractivity contribution in [3.63, 3.8) is 0 Å². The third kappa shape index (κ3) is 3.77. The van der Waals surface area contributed by atoms with Gasteiger partial charge in [-0.15, -0.1) is 0 Å². The van der Waals surface area contributed by atoms with Crippen LogP contribution in [0.5, 0.6) is 0 Å². The van der Waals surface area contributed by atoms with Gasteiger partial charge in [0.15, 0.2) is 0 Å². The second-order valence-electron chi connectivity index (χ2n) is 3.43. The van der Waals surface area contributed by atoms with E-state index in [1.165, 1.54) is 7.11 Å². The van der Waals surface area contributed by atoms with Gasteiger partial charge in [-0.05, 0) is 12.8 Å². The van der Waals surface area contributed by atoms with E-state index in [4.69, 9.17) is 11.6 Å². The van der Waals surface area contributed by atoms with Gasteiger partial charge < -0.3 is 4.74 Å². The number of aromatic nitrogens is 2. The van der Waals surface area contributed by atoms with E-state index in [9.17, 15) is 4.79 Å². The van der Waals surface area contributed by atoms with Crippen LogP contribution in [0, 0.1) is 0 Å². The highest BCUT2D eigenvalue weighted by Gasteiger charge is 2.07. The smallest absolute Gasteiger partial charge is 0.305 e. The van der Waals surface area contributed by atoms with Gasteiger partial charge in [0.1, 0.15) is 11.0 Å². The average molecular weight is 243 g/mol. The quantitative estimate of drug-likeness (QED) is 0.587. The van der Waals surface area contributed by atoms with Gasteiger partial charge in [0.25, 0.3) is 0 Å². The van der Waals surface area contributed by atoms with Crippen molar-refractivity contribution < 1.29 is 9.53 Å². The van der Waals surface area contributed by atoms with E-state index in [0.29, 0.717) is 18.0 Å². The molecular formula is C11H15ClN2O2. The van der Waals surface area contributed by atoms with Gasteiger partial charge in [-0.25, -0.2) is 9.97 Å². The first-order valence-corrected chi connectivity index (χ1v) is 5.62. The summed E-state index contributed by atoms with van der Waals surface area (Å²) in [4.78, 5) is 19.3. The zero-order chi connectivity index (χ0) is 12.0. The Hall–Kier alpha value is -1.16. The summed E-state index contributed by atoms with van der Waals surface area (Å²) < 4.78 is 4.55. The molecule has 0 aromatic carbocycles. The first kappa shape index (κ1) is 12.9. The molecule has 0 aliphatic heterocycles. The molecule has 0 bridgehead atoms. The molecule has 0 saturated heterocycles. The Bertz CT molecular complexity index is 369. The zero-order valence-electron chi connectivity index (χ0n) is 9.49. The maximum Gasteiger partial charge on any atom is 0.305 e. The molecule has 0 saturated carbocycles. The number of ether oxygens (including phenoxy) is 1. The number of esters is 1. The summed E-state index contributed by atoms with van der Waals surface area (Å²) >= 11 is 5.99. The lowest BCUT2D eigenvalue weighted by Crippen LogP contribution is -2.04. The van der Waals surface area contributed by atoms with Gasteiger partial charge in [0.05, 0.1) is 7.11 Å². The molecule has 1 aromatic rings. The Morgan fingerprint density at radius 2 is 2.25 bits per heavy atom. The van der Waals surface area contributed by atoms with Crippen LogP contribution in [0.15, 0.2) is 6.20 Å². The van der Waals surface area contributed by atoms with Crippen molar-refractivity contribution in [2.24, 2.45) is 0 Å². The number of hydrogen-bond acceptors (Lipinski definition) is 4. The van der Waals surface area contributed by atoms with Crippen molar-refractivity contribution in [3.8, 4) is 0 Å². The van der Waals surface area contributed by atoms with Crippen LogP contribution in [0.25, 0.3) is 0 Å². The Kier molecular flexibility index (Phi) is 5.19. The summed E-state index contributed by atoms with van der Waals surface area (Å²) in [6.07, 6.45) is 4.29. The summed E-state index contributed by atoms with van der Waals surface area (Å²) in [7, 11) is 1.37. The van der Waals surface area contributed by atoms with Crippen LogP contribution in [0.2, 0.25) is 5.15 Å². The molecule has 0 aliphatic rings. The fourth-order valence-corrected chi connectivity index (χ4v) is 1.51. The Labute approximate surface area is 100 Å². The summed E-state index contributed by atoms with van der Waals surface area (Å²) in [5.41, 5.74) is 0.784. The fraction of sp³-hybridized carbons (Fsp3) is 0.545. The molecule has 0 atom stereocenters. The van der Waals surface area contributed by atoms with Gasteiger partial charge in [-0.3, -0.25) is 4.79 Å². The lowest BCUT2D eigenvalue weighted by atomic mass is 10.2. The number of carbonyl (C=O) groups is 1. The summed E-state index contributed by atoms with van der Waals surface area (Å²) in [5, 5.41) is 0.433. The zero-order valence-corrected chi connectivity index (χ0v) is 10.3. The van der Waals surface area contributed by atoms with Crippen LogP contribution in [0.1, 0.15) is 31.2 Å². The monoisotopic (exact) mass is 242 g/mol. The van der Waals surface area contributed by atoms with E-state index in [1.807, 2.05) is 0 Å². The summed E-state index contributed by atoms with van der Waals surface area (Å²) in [6.45, 7) is 2.06. The van der Waals surface area contributed by atoms with E-state index in [0.717, 1.165) is 24.2 Å². The van der Waals surface area contributed by atoms with Crippen LogP contribution in [-0.4, -0.2) is 23.0 Å². The van der Waals surface area contributed by atoms with Crippen molar-refractivity contribution in [1.82, 2.24) is 9.97 Å². The van der Waals surface area contributed by atoms with Crippen molar-refractivity contribution in [2.45, 2.75) is 32.6 Å². The maximum atomic E-state index is 11.0. The number of rotatable bonds is 5. The van der Waals surface area contributed by atoms with Crippen LogP contribution >= 0.6 is 11.6 Å². The number of carbonyl (C=O) groups excluding carboxylic acids is 1. The standard InChI is InChI=1S/C11H15ClN2O2/c1-3-4-9-13-7-8(11(12)14-9)5-6-10(15)16-2/h7H,3-6H2,1-2H3. The minimum Gasteiger partial charge on any atom is -0.469 e. The van der Waals surface area contributed by atoms with Gasteiger partial charge in [-0.1, -0.05) is 18.5 Å². The van der Waals surface area contributed by atoms with Gasteiger partial charge >= 0.3 is 5.97 Å². The van der Waals surface area contributed by atoms with E-state index in [-0.39, 0.29) is 5.97 Å². The minimum absolute atomic E-state index is 0.256. The molecule has 0 spiro atoms. The van der Waals surface area contributed by atoms with Crippen LogP contribution < -0.4 is 0 Å². The molecule has 0 amide bonds. The molecule has 4 nitrogen and oxygen atoms in total. The molecule has 88 valence electrons. The maximum absolute atomic E-state index is 11.0. The number of nitrogens with zero attached hydrogens (tertiary/aromatic N) is 2. The van der Waals surface area contributed by atoms with Gasteiger partial charge in [0.2, 0.25) is 0 Å². The lowest BCUT2D eigenvalue weighted by Gasteiger charge is -2.04. The highest BCUT2D eigenvalue weighted by molar-refractivity contribution is 6.30. The topological polar surface area (TPSA) is 52.1 Å². The Morgan fingerprint density at radius 3 is 2.81 bits per heavy atom. The predicted octanol–water partition coefficient (Wildman–Crippen LogP) is 2.19. The first-order chi connectivity index (χ1) is 7.67. The highest BCUT2D eigenvalue weighted by atomic mass is 35.5. The van der Waals surface area contributed by atoms with Crippen LogP contribution in [0.3, 0.4) is 0 Å². The molecule has 0 unspecified atom stereocenters. The molecule has 0 N–H and O–H groups in total. The van der Waals surface area contributed by atoms with Crippen molar-refractivity contribution in [3.05, 3.63) is 22.7 Å². The summed E-state index contributed by atoms with van der Waals surface area (Å²) in [5.74, 6) is 0.489. The third-order valence-electron chi connectivity index (χ3n) is 2.16. The van der Waals surface area contributed by atoms with E-state index in [2.05, 4.69) is 21.6 Å². The minimum atomic E-state index is -0.256. The molecule has 1 rings (SSSR count). The lowest BCUT2D eigenvalue weighted by molar-refractivity contribution is -0.140. The second-order valence-corrected chi connectivity index (χ2v) is 3.79. The molecule has 16 heavy (non-hydrogen) atoms. The number of methoxy groups -OCH3 is 1. The molecule has 0 fully saturated rings. The van der Waals surface area contributed by atoms with Crippen molar-refractivity contribution in [2.75, 3.05) is 7.11 Å². The molecule has 1 aromatic heterocycles. The van der Waals surface area contributed by atoms with Gasteiger partial charge in [-0.2, -0.15) is 0 Å². The molecular weight excluding hydrogens is 228 g/mol. The Morgan fingerprint density at radius 1 is 1.50 bits per heavy atom. The molecule has 1 heterocycles. The van der Waals surface area contributed by atoms with Crippen molar-refractivity contribution >= 4 is 17.6 Å². The van der Waals surface area contributed by atoms with Crippen LogP contribution in [0.4, 0.5) is 0 Å². The van der Waals surface area contributed by atoms with Gasteiger partial charge in [0, 0.05) is 24.6 Å². The number of hydrogen-bond donors (Lipinski definition) is 0. The Balaban J connectivity index is 2.64. The molecule has 0 radical (unpaired) electrons. The van der Waals surface area contributed by atoms with E-state index < -0.39 is 0 Å². The normalized spacial score (nSPS) is 10.2. The predicted molar refractivity (Wildman–Crippen MR) is 61.4 cm³/mol. The second kappa shape index (κ2) is 6.43. The summed E-state index contributed by atoms with van der Waals surface area (Å²) in [6, 6.07) is 0.